The van der Waals surface area contributed by atoms with Crippen LogP contribution in [0.2, 0.25) is 0 Å². The average Bonchev–Trinajstić information content (AvgIpc) is 2.18. The van der Waals surface area contributed by atoms with Crippen LogP contribution in [0.4, 0.5) is 10.1 Å². The van der Waals surface area contributed by atoms with Crippen LogP contribution in [0.25, 0.3) is 10.7 Å². The quantitative estimate of drug-likeness (QED) is 0.697. The van der Waals surface area contributed by atoms with Gasteiger partial charge in [-0.05, 0) is 0 Å². The molecule has 0 radical (unpaired) electrons. The summed E-state index contributed by atoms with van der Waals surface area (Å²) in [4.78, 5) is 0. The number of hydrogen-bond acceptors (Lipinski definition) is 2. The average molecular weight is 203 g/mol. The van der Waals surface area contributed by atoms with E-state index in [-0.39, 0.29) is 11.6 Å². The van der Waals surface area contributed by atoms with Crippen LogP contribution < -0.4 is 5.73 Å². The maximum absolute atomic E-state index is 13.5. The molecule has 0 bridgehead atoms. The van der Waals surface area contributed by atoms with E-state index >= 15 is 0 Å². The van der Waals surface area contributed by atoms with Gasteiger partial charge in [0.15, 0.2) is 0 Å². The molecule has 0 saturated heterocycles. The Balaban J connectivity index is 2.91. The van der Waals surface area contributed by atoms with Crippen LogP contribution in [0.3, 0.4) is 0 Å². The Morgan fingerprint density at radius 2 is 2.20 bits per heavy atom. The number of aryl methyl sites for hydroxylation is 1. The molecule has 0 atom stereocenters. The van der Waals surface area contributed by atoms with E-state index in [4.69, 9.17) is 5.73 Å². The second kappa shape index (κ2) is 3.53. The minimum absolute atomic E-state index is 0.105. The van der Waals surface area contributed by atoms with Gasteiger partial charge in [0, 0.05) is 0 Å². The third kappa shape index (κ3) is 1.56. The molecule has 2 rings (SSSR count). The second-order valence-corrected chi connectivity index (χ2v) is 3.51. The number of rotatable bonds is 1. The van der Waals surface area contributed by atoms with E-state index in [1.165, 1.54) is 12.0 Å². The van der Waals surface area contributed by atoms with Crippen LogP contribution >= 0.6 is 0 Å². The Labute approximate surface area is 87.7 Å². The van der Waals surface area contributed by atoms with Gasteiger partial charge in [-0.25, -0.2) is 0 Å². The SMILES string of the molecule is CCc1c(F)cbc2cc(O)cc(N)c12. The Morgan fingerprint density at radius 1 is 1.47 bits per heavy atom. The van der Waals surface area contributed by atoms with Crippen molar-refractivity contribution >= 4 is 23.3 Å². The minimum atomic E-state index is -0.248. The molecule has 2 nitrogen and oxygen atoms in total. The van der Waals surface area contributed by atoms with Gasteiger partial charge in [0.25, 0.3) is 0 Å². The predicted octanol–water partition coefficient (Wildman–Crippen LogP) is 2.17. The summed E-state index contributed by atoms with van der Waals surface area (Å²) in [5.41, 5.74) is 6.80. The van der Waals surface area contributed by atoms with Gasteiger partial charge in [-0.3, -0.25) is 0 Å². The summed E-state index contributed by atoms with van der Waals surface area (Å²) in [7, 11) is 0. The number of benzene rings is 1. The monoisotopic (exact) mass is 203 g/mol. The van der Waals surface area contributed by atoms with Gasteiger partial charge >= 0.3 is 87.1 Å². The Morgan fingerprint density at radius 3 is 2.87 bits per heavy atom. The zero-order valence-electron chi connectivity index (χ0n) is 8.42. The number of hydrogen-bond donors (Lipinski definition) is 2. The van der Waals surface area contributed by atoms with Crippen LogP contribution in [-0.2, 0) is 6.42 Å². The van der Waals surface area contributed by atoms with Gasteiger partial charge in [-0.1, -0.05) is 0 Å². The van der Waals surface area contributed by atoms with E-state index in [1.54, 1.807) is 13.0 Å². The van der Waals surface area contributed by atoms with Gasteiger partial charge in [0.05, 0.1) is 0 Å². The summed E-state index contributed by atoms with van der Waals surface area (Å²) < 4.78 is 13.5. The number of anilines is 1. The van der Waals surface area contributed by atoms with Crippen molar-refractivity contribution < 1.29 is 9.50 Å². The Kier molecular flexibility index (Phi) is 2.35. The Bertz CT molecular complexity index is 527. The van der Waals surface area contributed by atoms with Crippen LogP contribution in [-0.4, -0.2) is 12.0 Å². The molecule has 4 heteroatoms. The topological polar surface area (TPSA) is 46.2 Å². The number of halogens is 1. The maximum atomic E-state index is 13.5. The third-order valence-electron chi connectivity index (χ3n) is 2.54. The number of fused-ring (bicyclic) bond motifs is 1. The van der Waals surface area contributed by atoms with Gasteiger partial charge in [0.2, 0.25) is 0 Å². The number of aromatic hydroxyl groups is 1. The third-order valence-corrected chi connectivity index (χ3v) is 2.54. The predicted molar refractivity (Wildman–Crippen MR) is 60.7 cm³/mol. The number of phenols is 1. The van der Waals surface area contributed by atoms with Crippen molar-refractivity contribution in [3.05, 3.63) is 29.5 Å². The summed E-state index contributed by atoms with van der Waals surface area (Å²) in [6.45, 7) is 3.50. The summed E-state index contributed by atoms with van der Waals surface area (Å²) in [6.07, 6.45) is 0.581. The van der Waals surface area contributed by atoms with Crippen molar-refractivity contribution in [2.45, 2.75) is 13.3 Å². The first-order valence-corrected chi connectivity index (χ1v) is 4.83. The molecule has 1 heterocycles. The summed E-state index contributed by atoms with van der Waals surface area (Å²) in [6, 6.07) is 3.03. The van der Waals surface area contributed by atoms with E-state index in [1.807, 2.05) is 6.92 Å². The number of nitrogen functional groups attached to an aromatic ring is 1. The van der Waals surface area contributed by atoms with Crippen molar-refractivity contribution in [2.24, 2.45) is 0 Å². The van der Waals surface area contributed by atoms with Crippen LogP contribution in [0.1, 0.15) is 12.5 Å². The first-order chi connectivity index (χ1) is 7.13. The van der Waals surface area contributed by atoms with Gasteiger partial charge in [0.1, 0.15) is 0 Å². The molecule has 0 unspecified atom stereocenters. The van der Waals surface area contributed by atoms with Crippen molar-refractivity contribution in [2.75, 3.05) is 5.73 Å². The van der Waals surface area contributed by atoms with E-state index in [0.29, 0.717) is 23.1 Å². The molecule has 0 spiro atoms. The molecule has 0 aliphatic heterocycles. The molecule has 15 heavy (non-hydrogen) atoms. The zero-order chi connectivity index (χ0) is 11.0. The van der Waals surface area contributed by atoms with Crippen LogP contribution in [0.5, 0.6) is 5.75 Å². The van der Waals surface area contributed by atoms with Crippen LogP contribution in [0, 0.1) is 5.82 Å². The first kappa shape index (κ1) is 9.96. The molecule has 0 saturated carbocycles. The van der Waals surface area contributed by atoms with Crippen LogP contribution in [0.15, 0.2) is 18.1 Å². The molecule has 3 N–H and O–H groups in total. The molecule has 1 aromatic carbocycles. The van der Waals surface area contributed by atoms with Crippen molar-refractivity contribution in [1.29, 1.82) is 0 Å². The molecule has 2 aromatic rings. The summed E-state index contributed by atoms with van der Waals surface area (Å²) in [5, 5.41) is 10.8. The fourth-order valence-corrected chi connectivity index (χ4v) is 1.88. The molecule has 76 valence electrons. The van der Waals surface area contributed by atoms with Gasteiger partial charge < -0.3 is 0 Å². The van der Waals surface area contributed by atoms with E-state index in [2.05, 4.69) is 0 Å². The standard InChI is InChI=1S/C11H11BFNO/c1-2-7-9(13)5-12-8-3-6(15)4-10(14)11(7)8/h3-5,15H,2,14H2,1H3. The molecule has 0 aliphatic rings. The molecule has 0 fully saturated rings. The van der Waals surface area contributed by atoms with Crippen molar-refractivity contribution in [3.8, 4) is 5.75 Å². The molecule has 1 aromatic heterocycles. The van der Waals surface area contributed by atoms with E-state index < -0.39 is 0 Å². The van der Waals surface area contributed by atoms with Crippen molar-refractivity contribution in [3.63, 3.8) is 0 Å². The van der Waals surface area contributed by atoms with Gasteiger partial charge in [-0.15, -0.1) is 0 Å². The van der Waals surface area contributed by atoms with E-state index in [9.17, 15) is 9.50 Å². The Hall–Kier alpha value is -1.58. The summed E-state index contributed by atoms with van der Waals surface area (Å²) in [5.74, 6) is 1.26. The summed E-state index contributed by atoms with van der Waals surface area (Å²) >= 11 is 0. The molecular formula is C11H11BFNO. The van der Waals surface area contributed by atoms with E-state index in [0.717, 1.165) is 5.28 Å². The first-order valence-electron chi connectivity index (χ1n) is 4.83. The fraction of sp³-hybridized carbons (Fsp3) is 0.182. The molecular weight excluding hydrogens is 192 g/mol. The molecule has 0 aliphatic carbocycles. The number of nitrogens with two attached hydrogens (primary N) is 1. The fourth-order valence-electron chi connectivity index (χ4n) is 1.88. The number of phenolic OH excluding ortho intramolecular Hbond substituents is 1. The van der Waals surface area contributed by atoms with Gasteiger partial charge in [-0.2, -0.15) is 0 Å². The van der Waals surface area contributed by atoms with Crippen molar-refractivity contribution in [1.82, 2.24) is 0 Å². The second-order valence-electron chi connectivity index (χ2n) is 3.51. The zero-order valence-corrected chi connectivity index (χ0v) is 8.42. The normalized spacial score (nSPS) is 10.5. The molecule has 0 amide bonds.